The van der Waals surface area contributed by atoms with Gasteiger partial charge in [-0.25, -0.2) is 0 Å². The minimum Gasteiger partial charge on any atom is -0.359 e. The summed E-state index contributed by atoms with van der Waals surface area (Å²) in [5.41, 5.74) is 6.25. The molecule has 2 fully saturated rings. The van der Waals surface area contributed by atoms with E-state index in [1.54, 1.807) is 23.1 Å². The second-order valence-electron chi connectivity index (χ2n) is 6.34. The van der Waals surface area contributed by atoms with E-state index in [2.05, 4.69) is 16.2 Å². The Bertz CT molecular complexity index is 691. The number of carbonyl (C=O) groups excluding carboxylic acids is 2. The lowest BCUT2D eigenvalue weighted by molar-refractivity contribution is -0.117. The fourth-order valence-electron chi connectivity index (χ4n) is 3.30. The van der Waals surface area contributed by atoms with Crippen LogP contribution in [0.1, 0.15) is 48.9 Å². The molecule has 3 rings (SSSR count). The van der Waals surface area contributed by atoms with Crippen LogP contribution >= 0.6 is 23.8 Å². The van der Waals surface area contributed by atoms with Crippen LogP contribution in [0.15, 0.2) is 18.2 Å². The first kappa shape index (κ1) is 17.9. The number of nitrogens with zero attached hydrogens (tertiary/aromatic N) is 1. The Morgan fingerprint density at radius 1 is 1.20 bits per heavy atom. The molecule has 0 aromatic heterocycles. The molecule has 2 aliphatic rings. The number of hydrogen-bond donors (Lipinski definition) is 3. The Kier molecular flexibility index (Phi) is 5.75. The van der Waals surface area contributed by atoms with Gasteiger partial charge >= 0.3 is 0 Å². The Hall–Kier alpha value is -1.86. The van der Waals surface area contributed by atoms with Crippen molar-refractivity contribution in [3.8, 4) is 0 Å². The summed E-state index contributed by atoms with van der Waals surface area (Å²) in [6.45, 7) is 0.592. The van der Waals surface area contributed by atoms with Crippen molar-refractivity contribution in [3.05, 3.63) is 28.8 Å². The van der Waals surface area contributed by atoms with Gasteiger partial charge in [-0.3, -0.25) is 20.4 Å². The molecular weight excluding hydrogens is 360 g/mol. The van der Waals surface area contributed by atoms with Crippen molar-refractivity contribution in [1.82, 2.24) is 16.2 Å². The van der Waals surface area contributed by atoms with Crippen LogP contribution in [0.3, 0.4) is 0 Å². The summed E-state index contributed by atoms with van der Waals surface area (Å²) in [4.78, 5) is 26.2. The molecule has 1 aromatic carbocycles. The van der Waals surface area contributed by atoms with Crippen molar-refractivity contribution in [2.75, 3.05) is 11.4 Å². The average Bonchev–Trinajstić information content (AvgIpc) is 3.24. The lowest BCUT2D eigenvalue weighted by atomic mass is 10.1. The third-order valence-corrected chi connectivity index (χ3v) is 5.00. The molecule has 8 heteroatoms. The van der Waals surface area contributed by atoms with Crippen LogP contribution in [-0.4, -0.2) is 29.5 Å². The highest BCUT2D eigenvalue weighted by molar-refractivity contribution is 7.80. The van der Waals surface area contributed by atoms with Gasteiger partial charge in [0.05, 0.1) is 11.3 Å². The van der Waals surface area contributed by atoms with E-state index in [0.29, 0.717) is 40.4 Å². The Balaban J connectivity index is 1.65. The summed E-state index contributed by atoms with van der Waals surface area (Å²) in [5.74, 6) is -0.357. The molecule has 2 amide bonds. The van der Waals surface area contributed by atoms with Crippen LogP contribution in [0.25, 0.3) is 0 Å². The van der Waals surface area contributed by atoms with E-state index in [-0.39, 0.29) is 11.8 Å². The maximum atomic E-state index is 12.5. The quantitative estimate of drug-likeness (QED) is 0.555. The maximum Gasteiger partial charge on any atom is 0.271 e. The molecule has 1 aromatic rings. The zero-order chi connectivity index (χ0) is 17.8. The van der Waals surface area contributed by atoms with Crippen molar-refractivity contribution in [2.24, 2.45) is 0 Å². The van der Waals surface area contributed by atoms with E-state index in [4.69, 9.17) is 23.8 Å². The monoisotopic (exact) mass is 380 g/mol. The summed E-state index contributed by atoms with van der Waals surface area (Å²) in [7, 11) is 0. The van der Waals surface area contributed by atoms with Gasteiger partial charge in [0, 0.05) is 24.0 Å². The summed E-state index contributed by atoms with van der Waals surface area (Å²) in [6.07, 6.45) is 5.85. The summed E-state index contributed by atoms with van der Waals surface area (Å²) < 4.78 is 0. The van der Waals surface area contributed by atoms with Crippen molar-refractivity contribution in [1.29, 1.82) is 0 Å². The van der Waals surface area contributed by atoms with Crippen LogP contribution in [0.2, 0.25) is 5.02 Å². The van der Waals surface area contributed by atoms with Gasteiger partial charge in [-0.1, -0.05) is 24.4 Å². The first-order valence-electron chi connectivity index (χ1n) is 8.51. The van der Waals surface area contributed by atoms with Crippen molar-refractivity contribution in [3.63, 3.8) is 0 Å². The SMILES string of the molecule is O=C(NNC(=S)NC1CCCC1)c1ccc(Cl)cc1N1CCCC1=O. The highest BCUT2D eigenvalue weighted by atomic mass is 35.5. The number of halogens is 1. The predicted molar refractivity (Wildman–Crippen MR) is 102 cm³/mol. The molecule has 0 atom stereocenters. The zero-order valence-electron chi connectivity index (χ0n) is 13.8. The smallest absolute Gasteiger partial charge is 0.271 e. The van der Waals surface area contributed by atoms with Gasteiger partial charge in [-0.2, -0.15) is 0 Å². The highest BCUT2D eigenvalue weighted by Crippen LogP contribution is 2.28. The molecule has 25 heavy (non-hydrogen) atoms. The lowest BCUT2D eigenvalue weighted by Gasteiger charge is -2.20. The number of carbonyl (C=O) groups is 2. The Morgan fingerprint density at radius 3 is 2.64 bits per heavy atom. The molecule has 0 unspecified atom stereocenters. The molecule has 0 bridgehead atoms. The number of benzene rings is 1. The summed E-state index contributed by atoms with van der Waals surface area (Å²) in [5, 5.41) is 4.07. The van der Waals surface area contributed by atoms with E-state index in [1.807, 2.05) is 0 Å². The number of hydrazine groups is 1. The van der Waals surface area contributed by atoms with Crippen LogP contribution in [0, 0.1) is 0 Å². The van der Waals surface area contributed by atoms with Crippen LogP contribution in [-0.2, 0) is 4.79 Å². The standard InChI is InChI=1S/C17H21ClN4O2S/c18-11-7-8-13(14(10-11)22-9-3-6-15(22)23)16(24)20-21-17(25)19-12-4-1-2-5-12/h7-8,10,12H,1-6,9H2,(H,20,24)(H2,19,21,25). The second kappa shape index (κ2) is 8.01. The molecule has 1 aliphatic heterocycles. The lowest BCUT2D eigenvalue weighted by Crippen LogP contribution is -2.49. The van der Waals surface area contributed by atoms with Gasteiger partial charge in [0.2, 0.25) is 5.91 Å². The second-order valence-corrected chi connectivity index (χ2v) is 7.19. The van der Waals surface area contributed by atoms with E-state index < -0.39 is 0 Å². The number of nitrogens with one attached hydrogen (secondary N) is 3. The molecule has 134 valence electrons. The van der Waals surface area contributed by atoms with Gasteiger partial charge in [0.25, 0.3) is 5.91 Å². The molecule has 1 aliphatic carbocycles. The first-order chi connectivity index (χ1) is 12.0. The van der Waals surface area contributed by atoms with Crippen LogP contribution in [0.5, 0.6) is 0 Å². The fraction of sp³-hybridized carbons (Fsp3) is 0.471. The minimum atomic E-state index is -0.359. The van der Waals surface area contributed by atoms with E-state index in [1.165, 1.54) is 12.8 Å². The van der Waals surface area contributed by atoms with Gasteiger partial charge < -0.3 is 10.2 Å². The number of thiocarbonyl (C=S) groups is 1. The molecule has 0 spiro atoms. The van der Waals surface area contributed by atoms with E-state index >= 15 is 0 Å². The maximum absolute atomic E-state index is 12.5. The minimum absolute atomic E-state index is 0.00250. The predicted octanol–water partition coefficient (Wildman–Crippen LogP) is 2.52. The van der Waals surface area contributed by atoms with Crippen LogP contribution < -0.4 is 21.1 Å². The number of rotatable bonds is 3. The van der Waals surface area contributed by atoms with Gasteiger partial charge in [0.1, 0.15) is 0 Å². The number of amides is 2. The number of hydrogen-bond acceptors (Lipinski definition) is 3. The summed E-state index contributed by atoms with van der Waals surface area (Å²) in [6, 6.07) is 5.27. The first-order valence-corrected chi connectivity index (χ1v) is 9.30. The summed E-state index contributed by atoms with van der Waals surface area (Å²) >= 11 is 11.3. The molecular formula is C17H21ClN4O2S. The van der Waals surface area contributed by atoms with E-state index in [0.717, 1.165) is 19.3 Å². The molecule has 1 heterocycles. The highest BCUT2D eigenvalue weighted by Gasteiger charge is 2.26. The molecule has 0 radical (unpaired) electrons. The third-order valence-electron chi connectivity index (χ3n) is 4.55. The fourth-order valence-corrected chi connectivity index (χ4v) is 3.68. The van der Waals surface area contributed by atoms with Gasteiger partial charge in [-0.15, -0.1) is 0 Å². The Morgan fingerprint density at radius 2 is 1.96 bits per heavy atom. The van der Waals surface area contributed by atoms with Gasteiger partial charge in [-0.05, 0) is 49.7 Å². The topological polar surface area (TPSA) is 73.5 Å². The Labute approximate surface area is 157 Å². The van der Waals surface area contributed by atoms with Crippen LogP contribution in [0.4, 0.5) is 5.69 Å². The molecule has 1 saturated carbocycles. The van der Waals surface area contributed by atoms with Crippen molar-refractivity contribution < 1.29 is 9.59 Å². The van der Waals surface area contributed by atoms with Crippen molar-refractivity contribution >= 4 is 46.4 Å². The third kappa shape index (κ3) is 4.41. The zero-order valence-corrected chi connectivity index (χ0v) is 15.4. The molecule has 1 saturated heterocycles. The van der Waals surface area contributed by atoms with Crippen molar-refractivity contribution in [2.45, 2.75) is 44.6 Å². The van der Waals surface area contributed by atoms with E-state index in [9.17, 15) is 9.59 Å². The molecule has 6 nitrogen and oxygen atoms in total. The largest absolute Gasteiger partial charge is 0.359 e. The number of anilines is 1. The van der Waals surface area contributed by atoms with Gasteiger partial charge in [0.15, 0.2) is 5.11 Å². The normalized spacial score (nSPS) is 17.6. The average molecular weight is 381 g/mol. The molecule has 3 N–H and O–H groups in total.